The van der Waals surface area contributed by atoms with Crippen LogP contribution in [0, 0.1) is 0 Å². The molecule has 0 spiro atoms. The zero-order chi connectivity index (χ0) is 15.2. The lowest BCUT2D eigenvalue weighted by Gasteiger charge is -2.08. The third kappa shape index (κ3) is 3.90. The Bertz CT molecular complexity index is 651. The number of rotatable bonds is 5. The molecule has 0 aliphatic carbocycles. The largest absolute Gasteiger partial charge is 0.489 e. The first kappa shape index (κ1) is 14.7. The molecule has 108 valence electrons. The third-order valence-electron chi connectivity index (χ3n) is 2.99. The van der Waals surface area contributed by atoms with Gasteiger partial charge in [-0.25, -0.2) is 5.84 Å². The molecule has 0 aliphatic rings. The Morgan fingerprint density at radius 2 is 1.81 bits per heavy atom. The van der Waals surface area contributed by atoms with Crippen LogP contribution in [0.1, 0.15) is 33.2 Å². The summed E-state index contributed by atoms with van der Waals surface area (Å²) < 4.78 is 5.62. The molecule has 0 aromatic heterocycles. The second-order valence-corrected chi connectivity index (χ2v) is 4.54. The van der Waals surface area contributed by atoms with Crippen LogP contribution >= 0.6 is 0 Å². The molecular weight excluding hydrogens is 268 g/mol. The summed E-state index contributed by atoms with van der Waals surface area (Å²) in [5.74, 6) is 5.43. The number of hydrogen-bond donors (Lipinski definition) is 2. The zero-order valence-corrected chi connectivity index (χ0v) is 11.6. The van der Waals surface area contributed by atoms with Gasteiger partial charge < -0.3 is 4.74 Å². The lowest BCUT2D eigenvalue weighted by molar-refractivity contribution is 0.0952. The number of nitrogens with one attached hydrogen (secondary N) is 1. The Balaban J connectivity index is 2.02. The number of nitrogen functional groups attached to an aromatic ring is 1. The van der Waals surface area contributed by atoms with E-state index in [9.17, 15) is 9.59 Å². The highest BCUT2D eigenvalue weighted by Crippen LogP contribution is 2.15. The number of benzene rings is 2. The topological polar surface area (TPSA) is 81.4 Å². The minimum Gasteiger partial charge on any atom is -0.489 e. The summed E-state index contributed by atoms with van der Waals surface area (Å²) in [6, 6.07) is 13.9. The molecule has 0 heterocycles. The Hall–Kier alpha value is -2.66. The maximum atomic E-state index is 11.4. The first-order valence-electron chi connectivity index (χ1n) is 6.44. The van der Waals surface area contributed by atoms with Crippen LogP contribution in [0.3, 0.4) is 0 Å². The molecule has 1 amide bonds. The van der Waals surface area contributed by atoms with E-state index < -0.39 is 0 Å². The van der Waals surface area contributed by atoms with Crippen LogP contribution < -0.4 is 16.0 Å². The first-order chi connectivity index (χ1) is 10.1. The van der Waals surface area contributed by atoms with E-state index in [4.69, 9.17) is 10.6 Å². The summed E-state index contributed by atoms with van der Waals surface area (Å²) in [5.41, 5.74) is 4.06. The lowest BCUT2D eigenvalue weighted by Crippen LogP contribution is -2.30. The number of amides is 1. The van der Waals surface area contributed by atoms with Gasteiger partial charge in [0, 0.05) is 11.1 Å². The van der Waals surface area contributed by atoms with Gasteiger partial charge in [0.25, 0.3) is 5.91 Å². The van der Waals surface area contributed by atoms with Crippen molar-refractivity contribution in [3.63, 3.8) is 0 Å². The predicted molar refractivity (Wildman–Crippen MR) is 78.9 cm³/mol. The number of Topliss-reactive ketones (excluding diaryl/α,β-unsaturated/α-hetero) is 1. The van der Waals surface area contributed by atoms with Gasteiger partial charge in [0.1, 0.15) is 12.4 Å². The number of ether oxygens (including phenoxy) is 1. The molecule has 2 rings (SSSR count). The Morgan fingerprint density at radius 3 is 2.43 bits per heavy atom. The number of hydrogen-bond acceptors (Lipinski definition) is 4. The van der Waals surface area contributed by atoms with Gasteiger partial charge in [-0.05, 0) is 48.9 Å². The molecule has 5 nitrogen and oxygen atoms in total. The summed E-state index contributed by atoms with van der Waals surface area (Å²) in [6.45, 7) is 1.84. The highest BCUT2D eigenvalue weighted by Gasteiger charge is 2.05. The average Bonchev–Trinajstić information content (AvgIpc) is 2.52. The minimum atomic E-state index is -0.345. The molecule has 21 heavy (non-hydrogen) atoms. The second kappa shape index (κ2) is 6.67. The standard InChI is InChI=1S/C16H16N2O3/c1-11(19)13-5-7-15(8-6-13)21-10-12-3-2-4-14(9-12)16(20)18-17/h2-9H,10,17H2,1H3,(H,18,20). The molecule has 0 saturated heterocycles. The van der Waals surface area contributed by atoms with Crippen molar-refractivity contribution in [2.75, 3.05) is 0 Å². The quantitative estimate of drug-likeness (QED) is 0.381. The Kier molecular flexibility index (Phi) is 4.68. The summed E-state index contributed by atoms with van der Waals surface area (Å²) in [7, 11) is 0. The highest BCUT2D eigenvalue weighted by molar-refractivity contribution is 5.94. The van der Waals surface area contributed by atoms with Crippen LogP contribution in [-0.2, 0) is 6.61 Å². The number of carbonyl (C=O) groups excluding carboxylic acids is 2. The smallest absolute Gasteiger partial charge is 0.265 e. The highest BCUT2D eigenvalue weighted by atomic mass is 16.5. The monoisotopic (exact) mass is 284 g/mol. The van der Waals surface area contributed by atoms with Crippen molar-refractivity contribution in [2.24, 2.45) is 5.84 Å². The van der Waals surface area contributed by atoms with Crippen LogP contribution in [0.4, 0.5) is 0 Å². The summed E-state index contributed by atoms with van der Waals surface area (Å²) in [6.07, 6.45) is 0. The van der Waals surface area contributed by atoms with Crippen molar-refractivity contribution in [1.29, 1.82) is 0 Å². The van der Waals surface area contributed by atoms with Gasteiger partial charge in [0.15, 0.2) is 5.78 Å². The van der Waals surface area contributed by atoms with Gasteiger partial charge in [-0.2, -0.15) is 0 Å². The van der Waals surface area contributed by atoms with Gasteiger partial charge in [-0.15, -0.1) is 0 Å². The van der Waals surface area contributed by atoms with E-state index in [-0.39, 0.29) is 11.7 Å². The lowest BCUT2D eigenvalue weighted by atomic mass is 10.1. The van der Waals surface area contributed by atoms with Crippen molar-refractivity contribution in [1.82, 2.24) is 5.43 Å². The van der Waals surface area contributed by atoms with E-state index >= 15 is 0 Å². The average molecular weight is 284 g/mol. The van der Waals surface area contributed by atoms with Gasteiger partial charge in [0.2, 0.25) is 0 Å². The maximum Gasteiger partial charge on any atom is 0.265 e. The van der Waals surface area contributed by atoms with Crippen molar-refractivity contribution >= 4 is 11.7 Å². The van der Waals surface area contributed by atoms with Gasteiger partial charge >= 0.3 is 0 Å². The molecule has 5 heteroatoms. The molecule has 0 unspecified atom stereocenters. The summed E-state index contributed by atoms with van der Waals surface area (Å²) >= 11 is 0. The Morgan fingerprint density at radius 1 is 1.10 bits per heavy atom. The van der Waals surface area contributed by atoms with Crippen molar-refractivity contribution in [2.45, 2.75) is 13.5 Å². The van der Waals surface area contributed by atoms with Crippen molar-refractivity contribution in [3.05, 3.63) is 65.2 Å². The summed E-state index contributed by atoms with van der Waals surface area (Å²) in [4.78, 5) is 22.6. The molecule has 3 N–H and O–H groups in total. The molecule has 0 radical (unpaired) electrons. The summed E-state index contributed by atoms with van der Waals surface area (Å²) in [5, 5.41) is 0. The van der Waals surface area contributed by atoms with E-state index in [0.717, 1.165) is 5.56 Å². The van der Waals surface area contributed by atoms with E-state index in [1.807, 2.05) is 6.07 Å². The maximum absolute atomic E-state index is 11.4. The molecule has 2 aromatic rings. The van der Waals surface area contributed by atoms with Crippen LogP contribution in [0.25, 0.3) is 0 Å². The third-order valence-corrected chi connectivity index (χ3v) is 2.99. The SMILES string of the molecule is CC(=O)c1ccc(OCc2cccc(C(=O)NN)c2)cc1. The minimum absolute atomic E-state index is 0.0158. The molecule has 2 aromatic carbocycles. The number of ketones is 1. The first-order valence-corrected chi connectivity index (χ1v) is 6.44. The van der Waals surface area contributed by atoms with Crippen LogP contribution in [0.5, 0.6) is 5.75 Å². The fourth-order valence-electron chi connectivity index (χ4n) is 1.84. The fourth-order valence-corrected chi connectivity index (χ4v) is 1.84. The molecule has 0 fully saturated rings. The zero-order valence-electron chi connectivity index (χ0n) is 11.6. The van der Waals surface area contributed by atoms with Crippen molar-refractivity contribution in [3.8, 4) is 5.75 Å². The normalized spacial score (nSPS) is 10.0. The second-order valence-electron chi connectivity index (χ2n) is 4.54. The molecule has 0 saturated carbocycles. The number of carbonyl (C=O) groups is 2. The van der Waals surface area contributed by atoms with Crippen LogP contribution in [-0.4, -0.2) is 11.7 Å². The van der Waals surface area contributed by atoms with Gasteiger partial charge in [-0.3, -0.25) is 15.0 Å². The molecular formula is C16H16N2O3. The van der Waals surface area contributed by atoms with Crippen LogP contribution in [0.15, 0.2) is 48.5 Å². The molecule has 0 aliphatic heterocycles. The number of hydrazine groups is 1. The van der Waals surface area contributed by atoms with Crippen molar-refractivity contribution < 1.29 is 14.3 Å². The van der Waals surface area contributed by atoms with E-state index in [1.54, 1.807) is 42.5 Å². The fraction of sp³-hybridized carbons (Fsp3) is 0.125. The van der Waals surface area contributed by atoms with Gasteiger partial charge in [0.05, 0.1) is 0 Å². The van der Waals surface area contributed by atoms with E-state index in [2.05, 4.69) is 5.43 Å². The van der Waals surface area contributed by atoms with E-state index in [1.165, 1.54) is 6.92 Å². The van der Waals surface area contributed by atoms with E-state index in [0.29, 0.717) is 23.5 Å². The number of nitrogens with two attached hydrogens (primary N) is 1. The van der Waals surface area contributed by atoms with Crippen LogP contribution in [0.2, 0.25) is 0 Å². The Labute approximate surface area is 122 Å². The predicted octanol–water partition coefficient (Wildman–Crippen LogP) is 2.07. The molecule has 0 atom stereocenters. The van der Waals surface area contributed by atoms with Gasteiger partial charge in [-0.1, -0.05) is 12.1 Å². The molecule has 0 bridgehead atoms.